The Morgan fingerprint density at radius 3 is 2.43 bits per heavy atom. The van der Waals surface area contributed by atoms with Crippen molar-refractivity contribution in [3.8, 4) is 11.8 Å². The van der Waals surface area contributed by atoms with Gasteiger partial charge in [0.1, 0.15) is 11.9 Å². The fourth-order valence-electron chi connectivity index (χ4n) is 3.44. The third kappa shape index (κ3) is 7.51. The van der Waals surface area contributed by atoms with Crippen molar-refractivity contribution in [3.63, 3.8) is 0 Å². The van der Waals surface area contributed by atoms with Crippen molar-refractivity contribution in [2.45, 2.75) is 68.9 Å². The SMILES string of the molecule is OC(C#Cc1ccc(C(F)(F)F)c(F)c1)CC1CC[Si](CCCC(F)F)CC1. The molecule has 0 amide bonds. The Labute approximate surface area is 162 Å². The monoisotopic (exact) mass is 421 g/mol. The third-order valence-corrected chi connectivity index (χ3v) is 8.03. The topological polar surface area (TPSA) is 20.2 Å². The molecular formula is C20H23F6OSi. The lowest BCUT2D eigenvalue weighted by Gasteiger charge is -2.28. The predicted octanol–water partition coefficient (Wildman–Crippen LogP) is 5.90. The van der Waals surface area contributed by atoms with E-state index in [-0.39, 0.29) is 12.0 Å². The van der Waals surface area contributed by atoms with Crippen molar-refractivity contribution >= 4 is 8.80 Å². The second kappa shape index (κ2) is 10.4. The van der Waals surface area contributed by atoms with E-state index < -0.39 is 38.9 Å². The van der Waals surface area contributed by atoms with Crippen LogP contribution in [-0.4, -0.2) is 26.4 Å². The molecule has 0 aromatic heterocycles. The Bertz CT molecular complexity index is 686. The minimum absolute atomic E-state index is 0.0313. The van der Waals surface area contributed by atoms with Gasteiger partial charge in [0.25, 0.3) is 0 Å². The van der Waals surface area contributed by atoms with Crippen LogP contribution in [0.2, 0.25) is 18.1 Å². The van der Waals surface area contributed by atoms with Gasteiger partial charge < -0.3 is 5.11 Å². The molecule has 0 saturated carbocycles. The first-order valence-electron chi connectivity index (χ1n) is 9.33. The van der Waals surface area contributed by atoms with Crippen LogP contribution in [0.4, 0.5) is 26.3 Å². The maximum atomic E-state index is 13.5. The summed E-state index contributed by atoms with van der Waals surface area (Å²) in [6.45, 7) is 0. The lowest BCUT2D eigenvalue weighted by Crippen LogP contribution is -2.23. The lowest BCUT2D eigenvalue weighted by molar-refractivity contribution is -0.140. The van der Waals surface area contributed by atoms with Crippen molar-refractivity contribution in [2.75, 3.05) is 0 Å². The van der Waals surface area contributed by atoms with Crippen LogP contribution in [0, 0.1) is 23.6 Å². The quantitative estimate of drug-likeness (QED) is 0.345. The maximum absolute atomic E-state index is 13.5. The van der Waals surface area contributed by atoms with Gasteiger partial charge >= 0.3 is 6.18 Å². The number of hydrogen-bond donors (Lipinski definition) is 1. The molecular weight excluding hydrogens is 398 g/mol. The average molecular weight is 421 g/mol. The standard InChI is InChI=1S/C20H23F6OSi/c21-18-13-14(4-6-17(18)20(24,25)26)3-5-16(27)12-15-7-10-28(11-8-15)9-1-2-19(22)23/h4,6,13,15-16,19,27H,1-2,7-12H2. The number of alkyl halides is 5. The van der Waals surface area contributed by atoms with Gasteiger partial charge in [-0.25, -0.2) is 13.2 Å². The smallest absolute Gasteiger partial charge is 0.380 e. The minimum Gasteiger partial charge on any atom is -0.380 e. The predicted molar refractivity (Wildman–Crippen MR) is 97.0 cm³/mol. The highest BCUT2D eigenvalue weighted by Gasteiger charge is 2.33. The largest absolute Gasteiger partial charge is 0.419 e. The van der Waals surface area contributed by atoms with Crippen molar-refractivity contribution in [2.24, 2.45) is 5.92 Å². The molecule has 0 aliphatic carbocycles. The molecule has 1 aliphatic heterocycles. The fourth-order valence-corrected chi connectivity index (χ4v) is 6.53. The van der Waals surface area contributed by atoms with Gasteiger partial charge in [0, 0.05) is 20.8 Å². The fraction of sp³-hybridized carbons (Fsp3) is 0.600. The highest BCUT2D eigenvalue weighted by Crippen LogP contribution is 2.32. The number of hydrogen-bond acceptors (Lipinski definition) is 1. The number of halogens is 6. The second-order valence-corrected chi connectivity index (χ2v) is 10.2. The molecule has 1 radical (unpaired) electrons. The van der Waals surface area contributed by atoms with Gasteiger partial charge in [-0.1, -0.05) is 49.2 Å². The van der Waals surface area contributed by atoms with E-state index in [1.807, 2.05) is 0 Å². The van der Waals surface area contributed by atoms with Gasteiger partial charge in [0.05, 0.1) is 5.56 Å². The van der Waals surface area contributed by atoms with Crippen molar-refractivity contribution < 1.29 is 31.4 Å². The molecule has 1 atom stereocenters. The zero-order valence-corrected chi connectivity index (χ0v) is 16.3. The second-order valence-electron chi connectivity index (χ2n) is 7.19. The highest BCUT2D eigenvalue weighted by atomic mass is 28.3. The summed E-state index contributed by atoms with van der Waals surface area (Å²) in [6.07, 6.45) is -5.02. The minimum atomic E-state index is -4.75. The Kier molecular flexibility index (Phi) is 8.44. The zero-order valence-electron chi connectivity index (χ0n) is 15.3. The Morgan fingerprint density at radius 1 is 1.18 bits per heavy atom. The molecule has 28 heavy (non-hydrogen) atoms. The summed E-state index contributed by atoms with van der Waals surface area (Å²) in [5, 5.41) is 10.1. The Balaban J connectivity index is 1.79. The van der Waals surface area contributed by atoms with Gasteiger partial charge in [0.15, 0.2) is 0 Å². The van der Waals surface area contributed by atoms with Gasteiger partial charge in [-0.05, 0) is 30.5 Å². The molecule has 0 bridgehead atoms. The molecule has 1 aliphatic rings. The molecule has 2 rings (SSSR count). The summed E-state index contributed by atoms with van der Waals surface area (Å²) in [5.74, 6) is 4.02. The van der Waals surface area contributed by atoms with E-state index in [9.17, 15) is 31.4 Å². The molecule has 1 heterocycles. The first-order valence-corrected chi connectivity index (χ1v) is 11.5. The highest BCUT2D eigenvalue weighted by molar-refractivity contribution is 6.58. The van der Waals surface area contributed by atoms with Crippen LogP contribution in [-0.2, 0) is 6.18 Å². The average Bonchev–Trinajstić information content (AvgIpc) is 2.60. The van der Waals surface area contributed by atoms with E-state index in [2.05, 4.69) is 11.8 Å². The third-order valence-electron chi connectivity index (χ3n) is 4.98. The first kappa shape index (κ1) is 22.8. The maximum Gasteiger partial charge on any atom is 0.419 e. The Morgan fingerprint density at radius 2 is 1.86 bits per heavy atom. The summed E-state index contributed by atoms with van der Waals surface area (Å²) >= 11 is 0. The molecule has 1 N–H and O–H groups in total. The normalized spacial score (nSPS) is 17.4. The van der Waals surface area contributed by atoms with Crippen LogP contribution in [0.25, 0.3) is 0 Å². The molecule has 1 unspecified atom stereocenters. The summed E-state index contributed by atoms with van der Waals surface area (Å²) in [7, 11) is -0.571. The number of rotatable bonds is 6. The molecule has 1 fully saturated rings. The molecule has 0 spiro atoms. The van der Waals surface area contributed by atoms with Gasteiger partial charge in [-0.15, -0.1) is 0 Å². The van der Waals surface area contributed by atoms with Gasteiger partial charge in [-0.2, -0.15) is 13.2 Å². The molecule has 8 heteroatoms. The first-order chi connectivity index (χ1) is 13.1. The van der Waals surface area contributed by atoms with Crippen molar-refractivity contribution in [1.29, 1.82) is 0 Å². The van der Waals surface area contributed by atoms with Crippen molar-refractivity contribution in [1.82, 2.24) is 0 Å². The molecule has 1 nitrogen and oxygen atoms in total. The van der Waals surface area contributed by atoms with Crippen LogP contribution < -0.4 is 0 Å². The zero-order chi connectivity index (χ0) is 20.7. The number of benzene rings is 1. The number of aliphatic hydroxyl groups is 1. The van der Waals surface area contributed by atoms with E-state index in [0.717, 1.165) is 43.1 Å². The van der Waals surface area contributed by atoms with E-state index in [4.69, 9.17) is 0 Å². The van der Waals surface area contributed by atoms with Gasteiger partial charge in [0.2, 0.25) is 6.43 Å². The summed E-state index contributed by atoms with van der Waals surface area (Å²) in [6, 6.07) is 5.44. The Hall–Kier alpha value is -1.46. The number of aliphatic hydroxyl groups excluding tert-OH is 1. The molecule has 1 aromatic carbocycles. The lowest BCUT2D eigenvalue weighted by atomic mass is 9.95. The van der Waals surface area contributed by atoms with E-state index in [1.165, 1.54) is 0 Å². The van der Waals surface area contributed by atoms with Crippen LogP contribution in [0.15, 0.2) is 18.2 Å². The van der Waals surface area contributed by atoms with Crippen molar-refractivity contribution in [3.05, 3.63) is 35.1 Å². The van der Waals surface area contributed by atoms with Crippen LogP contribution in [0.3, 0.4) is 0 Å². The van der Waals surface area contributed by atoms with Crippen LogP contribution >= 0.6 is 0 Å². The van der Waals surface area contributed by atoms with E-state index in [0.29, 0.717) is 24.8 Å². The summed E-state index contributed by atoms with van der Waals surface area (Å²) < 4.78 is 75.5. The van der Waals surface area contributed by atoms with Crippen LogP contribution in [0.5, 0.6) is 0 Å². The van der Waals surface area contributed by atoms with Gasteiger partial charge in [-0.3, -0.25) is 0 Å². The molecule has 1 aromatic rings. The summed E-state index contributed by atoms with van der Waals surface area (Å²) in [5.41, 5.74) is -1.26. The van der Waals surface area contributed by atoms with E-state index >= 15 is 0 Å². The molecule has 155 valence electrons. The van der Waals surface area contributed by atoms with E-state index in [1.54, 1.807) is 0 Å². The molecule has 1 saturated heterocycles. The summed E-state index contributed by atoms with van der Waals surface area (Å²) in [4.78, 5) is 0. The van der Waals surface area contributed by atoms with Crippen LogP contribution in [0.1, 0.15) is 43.2 Å².